The van der Waals surface area contributed by atoms with Crippen LogP contribution < -0.4 is 4.90 Å². The lowest BCUT2D eigenvalue weighted by atomic mass is 10.1. The lowest BCUT2D eigenvalue weighted by Crippen LogP contribution is -2.35. The third-order valence-electron chi connectivity index (χ3n) is 5.09. The first kappa shape index (κ1) is 17.7. The molecule has 2 aromatic heterocycles. The summed E-state index contributed by atoms with van der Waals surface area (Å²) in [6, 6.07) is 10.2. The minimum absolute atomic E-state index is 0.0107. The topological polar surface area (TPSA) is 54.3 Å². The summed E-state index contributed by atoms with van der Waals surface area (Å²) in [5.74, 6) is 0.0107. The molecule has 0 bridgehead atoms. The number of amides is 1. The number of hydrogen-bond acceptors (Lipinski definition) is 4. The van der Waals surface area contributed by atoms with E-state index in [0.717, 1.165) is 35.5 Å². The van der Waals surface area contributed by atoms with Crippen molar-refractivity contribution in [2.75, 3.05) is 25.0 Å². The normalized spacial score (nSPS) is 15.2. The number of rotatable bonds is 2. The molecule has 0 fully saturated rings. The molecule has 0 saturated heterocycles. The number of pyridine rings is 1. The number of hydrogen-bond donors (Lipinski definition) is 0. The molecule has 1 amide bonds. The Morgan fingerprint density at radius 3 is 2.74 bits per heavy atom. The van der Waals surface area contributed by atoms with E-state index in [1.807, 2.05) is 40.8 Å². The van der Waals surface area contributed by atoms with Crippen LogP contribution >= 0.6 is 0 Å². The van der Waals surface area contributed by atoms with Crippen LogP contribution in [0.2, 0.25) is 0 Å². The van der Waals surface area contributed by atoms with Crippen molar-refractivity contribution < 1.29 is 4.79 Å². The Balaban J connectivity index is 1.84. The molecule has 0 unspecified atom stereocenters. The summed E-state index contributed by atoms with van der Waals surface area (Å²) in [4.78, 5) is 22.4. The predicted molar refractivity (Wildman–Crippen MR) is 107 cm³/mol. The Bertz CT molecular complexity index is 1010. The van der Waals surface area contributed by atoms with Crippen molar-refractivity contribution in [1.82, 2.24) is 19.7 Å². The lowest BCUT2D eigenvalue weighted by Gasteiger charge is -2.23. The van der Waals surface area contributed by atoms with E-state index in [9.17, 15) is 4.79 Å². The molecular formula is C21H25N5O. The van der Waals surface area contributed by atoms with Crippen LogP contribution in [0.25, 0.3) is 11.0 Å². The van der Waals surface area contributed by atoms with Gasteiger partial charge in [0.15, 0.2) is 5.65 Å². The van der Waals surface area contributed by atoms with Crippen LogP contribution in [0.4, 0.5) is 5.69 Å². The molecule has 0 aliphatic carbocycles. The largest absolute Gasteiger partial charge is 0.307 e. The molecule has 6 nitrogen and oxygen atoms in total. The highest BCUT2D eigenvalue weighted by molar-refractivity contribution is 6.13. The number of benzene rings is 1. The summed E-state index contributed by atoms with van der Waals surface area (Å²) >= 11 is 0. The second-order valence-corrected chi connectivity index (χ2v) is 7.55. The number of anilines is 1. The maximum Gasteiger partial charge on any atom is 0.259 e. The zero-order valence-electron chi connectivity index (χ0n) is 16.3. The van der Waals surface area contributed by atoms with Gasteiger partial charge in [0.05, 0.1) is 17.1 Å². The van der Waals surface area contributed by atoms with Crippen LogP contribution in [0, 0.1) is 6.92 Å². The highest BCUT2D eigenvalue weighted by Gasteiger charge is 2.26. The molecule has 0 radical (unpaired) electrons. The average Bonchev–Trinajstić information content (AvgIpc) is 2.98. The summed E-state index contributed by atoms with van der Waals surface area (Å²) in [7, 11) is 2.09. The van der Waals surface area contributed by atoms with E-state index in [1.54, 1.807) is 6.20 Å². The Morgan fingerprint density at radius 1 is 1.19 bits per heavy atom. The molecule has 0 saturated carbocycles. The van der Waals surface area contributed by atoms with E-state index >= 15 is 0 Å². The van der Waals surface area contributed by atoms with Gasteiger partial charge in [-0.1, -0.05) is 18.2 Å². The molecule has 6 heteroatoms. The van der Waals surface area contributed by atoms with Crippen molar-refractivity contribution in [1.29, 1.82) is 0 Å². The number of likely N-dealkylation sites (N-methyl/N-ethyl adjacent to an activating group) is 1. The van der Waals surface area contributed by atoms with Crippen molar-refractivity contribution >= 4 is 22.6 Å². The fourth-order valence-electron chi connectivity index (χ4n) is 3.72. The molecule has 1 aliphatic rings. The minimum Gasteiger partial charge on any atom is -0.307 e. The third-order valence-corrected chi connectivity index (χ3v) is 5.09. The van der Waals surface area contributed by atoms with Gasteiger partial charge in [-0.05, 0) is 45.5 Å². The minimum atomic E-state index is 0.0107. The van der Waals surface area contributed by atoms with E-state index in [0.29, 0.717) is 12.1 Å². The second-order valence-electron chi connectivity index (χ2n) is 7.55. The van der Waals surface area contributed by atoms with Gasteiger partial charge in [-0.3, -0.25) is 4.79 Å². The molecule has 1 aliphatic heterocycles. The Labute approximate surface area is 159 Å². The van der Waals surface area contributed by atoms with E-state index < -0.39 is 0 Å². The highest BCUT2D eigenvalue weighted by atomic mass is 16.2. The van der Waals surface area contributed by atoms with Gasteiger partial charge in [0.1, 0.15) is 0 Å². The molecule has 140 valence electrons. The Kier molecular flexibility index (Phi) is 4.44. The summed E-state index contributed by atoms with van der Waals surface area (Å²) in [5, 5.41) is 5.29. The molecule has 27 heavy (non-hydrogen) atoms. The molecular weight excluding hydrogens is 338 g/mol. The summed E-state index contributed by atoms with van der Waals surface area (Å²) in [5.41, 5.74) is 4.43. The third kappa shape index (κ3) is 3.10. The maximum atomic E-state index is 13.6. The Morgan fingerprint density at radius 2 is 1.96 bits per heavy atom. The second kappa shape index (κ2) is 6.78. The van der Waals surface area contributed by atoms with Gasteiger partial charge in [-0.2, -0.15) is 5.10 Å². The molecule has 0 atom stereocenters. The number of carbonyl (C=O) groups is 1. The van der Waals surface area contributed by atoms with Crippen LogP contribution in [0.1, 0.15) is 41.5 Å². The van der Waals surface area contributed by atoms with Gasteiger partial charge in [0.2, 0.25) is 0 Å². The lowest BCUT2D eigenvalue weighted by molar-refractivity contribution is 0.0987. The molecule has 1 aromatic carbocycles. The van der Waals surface area contributed by atoms with Crippen molar-refractivity contribution in [3.8, 4) is 0 Å². The number of para-hydroxylation sites is 1. The SMILES string of the molecule is Cc1cc(C(=O)N2CCN(C)Cc3ccccc32)c2cnn(C(C)C)c2n1. The van der Waals surface area contributed by atoms with Crippen LogP contribution in [0.3, 0.4) is 0 Å². The maximum absolute atomic E-state index is 13.6. The van der Waals surface area contributed by atoms with E-state index in [4.69, 9.17) is 0 Å². The zero-order chi connectivity index (χ0) is 19.1. The average molecular weight is 363 g/mol. The number of carbonyl (C=O) groups excluding carboxylic acids is 1. The zero-order valence-corrected chi connectivity index (χ0v) is 16.3. The van der Waals surface area contributed by atoms with Crippen LogP contribution in [0.15, 0.2) is 36.5 Å². The number of aromatic nitrogens is 3. The highest BCUT2D eigenvalue weighted by Crippen LogP contribution is 2.28. The summed E-state index contributed by atoms with van der Waals surface area (Å²) in [6.45, 7) is 8.40. The molecule has 3 aromatic rings. The van der Waals surface area contributed by atoms with Crippen LogP contribution in [-0.4, -0.2) is 45.7 Å². The number of nitrogens with zero attached hydrogens (tertiary/aromatic N) is 5. The fourth-order valence-corrected chi connectivity index (χ4v) is 3.72. The molecule has 0 N–H and O–H groups in total. The summed E-state index contributed by atoms with van der Waals surface area (Å²) < 4.78 is 1.88. The predicted octanol–water partition coefficient (Wildman–Crippen LogP) is 3.41. The van der Waals surface area contributed by atoms with Crippen molar-refractivity contribution in [3.05, 3.63) is 53.3 Å². The first-order chi connectivity index (χ1) is 13.0. The first-order valence-electron chi connectivity index (χ1n) is 9.39. The fraction of sp³-hybridized carbons (Fsp3) is 0.381. The van der Waals surface area contributed by atoms with Crippen LogP contribution in [0.5, 0.6) is 0 Å². The standard InChI is InChI=1S/C21H25N5O/c1-14(2)26-20-18(12-22-26)17(11-15(3)23-20)21(27)25-10-9-24(4)13-16-7-5-6-8-19(16)25/h5-8,11-12,14H,9-10,13H2,1-4H3. The van der Waals surface area contributed by atoms with Gasteiger partial charge < -0.3 is 9.80 Å². The number of aryl methyl sites for hydroxylation is 1. The Hall–Kier alpha value is -2.73. The number of fused-ring (bicyclic) bond motifs is 2. The van der Waals surface area contributed by atoms with Gasteiger partial charge in [0, 0.05) is 37.1 Å². The van der Waals surface area contributed by atoms with Gasteiger partial charge in [0.25, 0.3) is 5.91 Å². The molecule has 3 heterocycles. The van der Waals surface area contributed by atoms with E-state index in [2.05, 4.69) is 41.9 Å². The van der Waals surface area contributed by atoms with E-state index in [1.165, 1.54) is 5.56 Å². The smallest absolute Gasteiger partial charge is 0.259 e. The van der Waals surface area contributed by atoms with Gasteiger partial charge in [-0.25, -0.2) is 9.67 Å². The van der Waals surface area contributed by atoms with Gasteiger partial charge in [-0.15, -0.1) is 0 Å². The van der Waals surface area contributed by atoms with Crippen molar-refractivity contribution in [3.63, 3.8) is 0 Å². The molecule has 0 spiro atoms. The van der Waals surface area contributed by atoms with Crippen molar-refractivity contribution in [2.45, 2.75) is 33.4 Å². The van der Waals surface area contributed by atoms with Gasteiger partial charge >= 0.3 is 0 Å². The molecule has 4 rings (SSSR count). The summed E-state index contributed by atoms with van der Waals surface area (Å²) in [6.07, 6.45) is 1.77. The van der Waals surface area contributed by atoms with Crippen molar-refractivity contribution in [2.24, 2.45) is 0 Å². The quantitative estimate of drug-likeness (QED) is 0.700. The monoisotopic (exact) mass is 363 g/mol. The first-order valence-corrected chi connectivity index (χ1v) is 9.39. The van der Waals surface area contributed by atoms with E-state index in [-0.39, 0.29) is 11.9 Å². The van der Waals surface area contributed by atoms with Crippen LogP contribution in [-0.2, 0) is 6.54 Å².